The molecule has 0 bridgehead atoms. The van der Waals surface area contributed by atoms with E-state index in [1.165, 1.54) is 18.9 Å². The predicted octanol–water partition coefficient (Wildman–Crippen LogP) is 4.22. The molecule has 0 saturated heterocycles. The predicted molar refractivity (Wildman–Crippen MR) is 70.5 cm³/mol. The van der Waals surface area contributed by atoms with Crippen molar-refractivity contribution in [3.63, 3.8) is 0 Å². The van der Waals surface area contributed by atoms with Gasteiger partial charge in [-0.1, -0.05) is 31.7 Å². The molecular weight excluding hydrogens is 283 g/mol. The molecule has 1 aliphatic carbocycles. The van der Waals surface area contributed by atoms with E-state index in [1.54, 1.807) is 12.1 Å². The highest BCUT2D eigenvalue weighted by molar-refractivity contribution is 9.10. The monoisotopic (exact) mass is 300 g/mol. The lowest BCUT2D eigenvalue weighted by atomic mass is 9.87. The van der Waals surface area contributed by atoms with E-state index in [1.807, 2.05) is 0 Å². The summed E-state index contributed by atoms with van der Waals surface area (Å²) in [4.78, 5) is 0. The summed E-state index contributed by atoms with van der Waals surface area (Å²) in [6.45, 7) is 0. The van der Waals surface area contributed by atoms with Gasteiger partial charge in [0, 0.05) is 6.42 Å². The number of hydrogen-bond donors (Lipinski definition) is 1. The van der Waals surface area contributed by atoms with Crippen molar-refractivity contribution in [2.75, 3.05) is 0 Å². The normalized spacial score (nSPS) is 19.9. The first kappa shape index (κ1) is 13.0. The fourth-order valence-electron chi connectivity index (χ4n) is 2.59. The second kappa shape index (κ2) is 5.49. The van der Waals surface area contributed by atoms with Crippen LogP contribution in [0.5, 0.6) is 0 Å². The Hall–Kier alpha value is -0.410. The van der Waals surface area contributed by atoms with Crippen molar-refractivity contribution in [1.82, 2.24) is 0 Å². The van der Waals surface area contributed by atoms with Crippen LogP contribution in [0.15, 0.2) is 22.7 Å². The molecule has 0 amide bonds. The van der Waals surface area contributed by atoms with Crippen LogP contribution in [0.1, 0.15) is 44.1 Å². The smallest absolute Gasteiger partial charge is 0.137 e. The van der Waals surface area contributed by atoms with E-state index < -0.39 is 5.60 Å². The standard InChI is InChI=1S/C14H18BrFO/c15-12-9-11(5-6-13(12)16)10-14(17)7-3-1-2-4-8-14/h5-6,9,17H,1-4,7-8,10H2. The van der Waals surface area contributed by atoms with E-state index in [-0.39, 0.29) is 5.82 Å². The molecule has 0 radical (unpaired) electrons. The molecule has 1 nitrogen and oxygen atoms in total. The first-order chi connectivity index (χ1) is 8.09. The van der Waals surface area contributed by atoms with Gasteiger partial charge in [0.2, 0.25) is 0 Å². The number of rotatable bonds is 2. The van der Waals surface area contributed by atoms with Gasteiger partial charge in [0.25, 0.3) is 0 Å². The zero-order chi connectivity index (χ0) is 12.3. The summed E-state index contributed by atoms with van der Waals surface area (Å²) in [6.07, 6.45) is 6.98. The molecule has 0 atom stereocenters. The van der Waals surface area contributed by atoms with Gasteiger partial charge in [-0.25, -0.2) is 4.39 Å². The molecule has 1 fully saturated rings. The molecule has 1 aromatic rings. The van der Waals surface area contributed by atoms with Crippen LogP contribution >= 0.6 is 15.9 Å². The summed E-state index contributed by atoms with van der Waals surface area (Å²) in [5.74, 6) is -0.249. The van der Waals surface area contributed by atoms with Crippen LogP contribution in [0.25, 0.3) is 0 Å². The van der Waals surface area contributed by atoms with Crippen molar-refractivity contribution in [2.45, 2.75) is 50.5 Å². The Morgan fingerprint density at radius 2 is 1.82 bits per heavy atom. The average molecular weight is 301 g/mol. The Morgan fingerprint density at radius 1 is 1.18 bits per heavy atom. The fraction of sp³-hybridized carbons (Fsp3) is 0.571. The van der Waals surface area contributed by atoms with Gasteiger partial charge >= 0.3 is 0 Å². The van der Waals surface area contributed by atoms with Crippen LogP contribution in [0.4, 0.5) is 4.39 Å². The second-order valence-electron chi connectivity index (χ2n) is 5.06. The topological polar surface area (TPSA) is 20.2 Å². The lowest BCUT2D eigenvalue weighted by Crippen LogP contribution is -2.30. The maximum absolute atomic E-state index is 13.1. The van der Waals surface area contributed by atoms with Gasteiger partial charge in [-0.3, -0.25) is 0 Å². The third-order valence-corrected chi connectivity index (χ3v) is 4.16. The maximum Gasteiger partial charge on any atom is 0.137 e. The summed E-state index contributed by atoms with van der Waals surface area (Å²) in [5, 5.41) is 10.6. The molecular formula is C14H18BrFO. The number of benzene rings is 1. The Kier molecular flexibility index (Phi) is 4.21. The van der Waals surface area contributed by atoms with Crippen LogP contribution in [0.3, 0.4) is 0 Å². The van der Waals surface area contributed by atoms with E-state index >= 15 is 0 Å². The minimum atomic E-state index is -0.590. The van der Waals surface area contributed by atoms with Crippen LogP contribution in [-0.4, -0.2) is 10.7 Å². The summed E-state index contributed by atoms with van der Waals surface area (Å²) in [5.41, 5.74) is 0.413. The summed E-state index contributed by atoms with van der Waals surface area (Å²) >= 11 is 3.19. The molecule has 94 valence electrons. The van der Waals surface area contributed by atoms with Gasteiger partial charge in [0.05, 0.1) is 10.1 Å². The lowest BCUT2D eigenvalue weighted by molar-refractivity contribution is 0.0252. The number of hydrogen-bond acceptors (Lipinski definition) is 1. The zero-order valence-corrected chi connectivity index (χ0v) is 11.5. The Balaban J connectivity index is 2.10. The third kappa shape index (κ3) is 3.52. The van der Waals surface area contributed by atoms with Crippen molar-refractivity contribution >= 4 is 15.9 Å². The van der Waals surface area contributed by atoms with E-state index in [2.05, 4.69) is 15.9 Å². The molecule has 1 aromatic carbocycles. The highest BCUT2D eigenvalue weighted by Gasteiger charge is 2.28. The first-order valence-corrected chi connectivity index (χ1v) is 7.05. The quantitative estimate of drug-likeness (QED) is 0.811. The Labute approximate surface area is 110 Å². The number of halogens is 2. The molecule has 1 N–H and O–H groups in total. The minimum Gasteiger partial charge on any atom is -0.390 e. The summed E-state index contributed by atoms with van der Waals surface area (Å²) < 4.78 is 13.6. The molecule has 0 spiro atoms. The van der Waals surface area contributed by atoms with Gasteiger partial charge in [-0.05, 0) is 46.5 Å². The molecule has 1 aliphatic rings. The van der Waals surface area contributed by atoms with Crippen LogP contribution in [0, 0.1) is 5.82 Å². The van der Waals surface area contributed by atoms with Crippen LogP contribution < -0.4 is 0 Å². The van der Waals surface area contributed by atoms with E-state index in [4.69, 9.17) is 0 Å². The molecule has 17 heavy (non-hydrogen) atoms. The average Bonchev–Trinajstić information content (AvgIpc) is 2.49. The summed E-state index contributed by atoms with van der Waals surface area (Å²) in [7, 11) is 0. The van der Waals surface area contributed by atoms with Crippen molar-refractivity contribution in [3.05, 3.63) is 34.1 Å². The molecule has 0 aliphatic heterocycles. The summed E-state index contributed by atoms with van der Waals surface area (Å²) in [6, 6.07) is 5.00. The SMILES string of the molecule is OC1(Cc2ccc(F)c(Br)c2)CCCCCC1. The van der Waals surface area contributed by atoms with E-state index in [0.717, 1.165) is 31.2 Å². The van der Waals surface area contributed by atoms with Gasteiger partial charge in [0.1, 0.15) is 5.82 Å². The van der Waals surface area contributed by atoms with Gasteiger partial charge in [0.15, 0.2) is 0 Å². The Bertz CT molecular complexity index is 384. The van der Waals surface area contributed by atoms with E-state index in [9.17, 15) is 9.50 Å². The minimum absolute atomic E-state index is 0.249. The van der Waals surface area contributed by atoms with Crippen LogP contribution in [0.2, 0.25) is 0 Å². The molecule has 2 rings (SSSR count). The third-order valence-electron chi connectivity index (χ3n) is 3.55. The highest BCUT2D eigenvalue weighted by atomic mass is 79.9. The second-order valence-corrected chi connectivity index (χ2v) is 5.92. The Morgan fingerprint density at radius 3 is 2.41 bits per heavy atom. The van der Waals surface area contributed by atoms with Gasteiger partial charge in [-0.2, -0.15) is 0 Å². The molecule has 0 unspecified atom stereocenters. The highest BCUT2D eigenvalue weighted by Crippen LogP contribution is 2.31. The van der Waals surface area contributed by atoms with E-state index in [0.29, 0.717) is 10.9 Å². The van der Waals surface area contributed by atoms with Gasteiger partial charge < -0.3 is 5.11 Å². The molecule has 0 heterocycles. The van der Waals surface area contributed by atoms with Crippen molar-refractivity contribution in [2.24, 2.45) is 0 Å². The number of aliphatic hydroxyl groups is 1. The molecule has 3 heteroatoms. The van der Waals surface area contributed by atoms with Gasteiger partial charge in [-0.15, -0.1) is 0 Å². The first-order valence-electron chi connectivity index (χ1n) is 6.25. The molecule has 1 saturated carbocycles. The lowest BCUT2D eigenvalue weighted by Gasteiger charge is -2.26. The zero-order valence-electron chi connectivity index (χ0n) is 9.88. The fourth-order valence-corrected chi connectivity index (χ4v) is 3.02. The van der Waals surface area contributed by atoms with Crippen LogP contribution in [-0.2, 0) is 6.42 Å². The van der Waals surface area contributed by atoms with Crippen molar-refractivity contribution in [1.29, 1.82) is 0 Å². The maximum atomic E-state index is 13.1. The van der Waals surface area contributed by atoms with Crippen molar-refractivity contribution < 1.29 is 9.50 Å². The molecule has 0 aromatic heterocycles. The van der Waals surface area contributed by atoms with Crippen molar-refractivity contribution in [3.8, 4) is 0 Å². The largest absolute Gasteiger partial charge is 0.390 e.